The summed E-state index contributed by atoms with van der Waals surface area (Å²) < 4.78 is 5.59. The fourth-order valence-corrected chi connectivity index (χ4v) is 3.78. The van der Waals surface area contributed by atoms with E-state index in [4.69, 9.17) is 4.74 Å². The number of ether oxygens (including phenoxy) is 1. The SMILES string of the molecule is O=C[C@H](Cc1ccccc1)N(C(=O)OCc1ccccc1)C1CCCCC1. The third-order valence-corrected chi connectivity index (χ3v) is 5.19. The van der Waals surface area contributed by atoms with E-state index in [0.29, 0.717) is 6.42 Å². The highest BCUT2D eigenvalue weighted by atomic mass is 16.6. The van der Waals surface area contributed by atoms with Gasteiger partial charge in [0.15, 0.2) is 0 Å². The van der Waals surface area contributed by atoms with E-state index >= 15 is 0 Å². The molecule has 1 fully saturated rings. The van der Waals surface area contributed by atoms with Crippen LogP contribution in [0.15, 0.2) is 60.7 Å². The average Bonchev–Trinajstić information content (AvgIpc) is 2.74. The first-order valence-electron chi connectivity index (χ1n) is 9.76. The van der Waals surface area contributed by atoms with Crippen molar-refractivity contribution in [2.24, 2.45) is 0 Å². The Morgan fingerprint density at radius 3 is 2.15 bits per heavy atom. The monoisotopic (exact) mass is 365 g/mol. The van der Waals surface area contributed by atoms with Crippen molar-refractivity contribution in [2.45, 2.75) is 57.2 Å². The van der Waals surface area contributed by atoms with Crippen LogP contribution in [0.2, 0.25) is 0 Å². The third kappa shape index (κ3) is 5.43. The minimum Gasteiger partial charge on any atom is -0.445 e. The third-order valence-electron chi connectivity index (χ3n) is 5.19. The summed E-state index contributed by atoms with van der Waals surface area (Å²) in [7, 11) is 0. The second-order valence-electron chi connectivity index (χ2n) is 7.13. The normalized spacial score (nSPS) is 15.7. The Labute approximate surface area is 161 Å². The average molecular weight is 365 g/mol. The first kappa shape index (κ1) is 19.2. The lowest BCUT2D eigenvalue weighted by Crippen LogP contribution is -2.50. The number of amides is 1. The summed E-state index contributed by atoms with van der Waals surface area (Å²) in [5, 5.41) is 0. The van der Waals surface area contributed by atoms with E-state index in [9.17, 15) is 9.59 Å². The molecule has 2 aromatic carbocycles. The molecular formula is C23H27NO3. The number of carbonyl (C=O) groups excluding carboxylic acids is 2. The number of benzene rings is 2. The van der Waals surface area contributed by atoms with Gasteiger partial charge in [0.1, 0.15) is 12.9 Å². The molecule has 0 spiro atoms. The zero-order chi connectivity index (χ0) is 18.9. The van der Waals surface area contributed by atoms with Crippen LogP contribution in [0.25, 0.3) is 0 Å². The Hall–Kier alpha value is -2.62. The first-order chi connectivity index (χ1) is 13.3. The van der Waals surface area contributed by atoms with E-state index in [1.807, 2.05) is 60.7 Å². The molecule has 0 aromatic heterocycles. The summed E-state index contributed by atoms with van der Waals surface area (Å²) in [6.07, 6.45) is 6.24. The van der Waals surface area contributed by atoms with Crippen LogP contribution in [-0.4, -0.2) is 29.4 Å². The molecule has 0 heterocycles. The molecule has 4 nitrogen and oxygen atoms in total. The summed E-state index contributed by atoms with van der Waals surface area (Å²) in [6.45, 7) is 0.222. The topological polar surface area (TPSA) is 46.6 Å². The fraction of sp³-hybridized carbons (Fsp3) is 0.391. The number of rotatable bonds is 7. The van der Waals surface area contributed by atoms with Gasteiger partial charge in [-0.05, 0) is 30.4 Å². The maximum absolute atomic E-state index is 13.0. The molecule has 142 valence electrons. The Balaban J connectivity index is 1.74. The second kappa shape index (κ2) is 9.91. The van der Waals surface area contributed by atoms with Gasteiger partial charge in [-0.25, -0.2) is 4.79 Å². The molecular weight excluding hydrogens is 338 g/mol. The van der Waals surface area contributed by atoms with E-state index in [2.05, 4.69) is 0 Å². The van der Waals surface area contributed by atoms with E-state index < -0.39 is 12.1 Å². The van der Waals surface area contributed by atoms with Gasteiger partial charge in [-0.2, -0.15) is 0 Å². The molecule has 0 aliphatic heterocycles. The molecule has 3 rings (SSSR count). The van der Waals surface area contributed by atoms with Crippen molar-refractivity contribution < 1.29 is 14.3 Å². The predicted octanol–water partition coefficient (Wildman–Crippen LogP) is 4.77. The van der Waals surface area contributed by atoms with Crippen molar-refractivity contribution >= 4 is 12.4 Å². The van der Waals surface area contributed by atoms with Crippen LogP contribution in [0.1, 0.15) is 43.2 Å². The van der Waals surface area contributed by atoms with Gasteiger partial charge >= 0.3 is 6.09 Å². The van der Waals surface area contributed by atoms with Crippen molar-refractivity contribution in [3.8, 4) is 0 Å². The molecule has 0 bridgehead atoms. The lowest BCUT2D eigenvalue weighted by Gasteiger charge is -2.37. The second-order valence-corrected chi connectivity index (χ2v) is 7.13. The van der Waals surface area contributed by atoms with Crippen LogP contribution in [0.4, 0.5) is 4.79 Å². The summed E-state index contributed by atoms with van der Waals surface area (Å²) in [6, 6.07) is 19.0. The van der Waals surface area contributed by atoms with Crippen molar-refractivity contribution in [2.75, 3.05) is 0 Å². The van der Waals surface area contributed by atoms with Gasteiger partial charge in [0.2, 0.25) is 0 Å². The predicted molar refractivity (Wildman–Crippen MR) is 105 cm³/mol. The Morgan fingerprint density at radius 2 is 1.56 bits per heavy atom. The van der Waals surface area contributed by atoms with Crippen molar-refractivity contribution in [1.82, 2.24) is 4.90 Å². The molecule has 1 aliphatic carbocycles. The van der Waals surface area contributed by atoms with E-state index in [0.717, 1.165) is 43.1 Å². The highest BCUT2D eigenvalue weighted by molar-refractivity contribution is 5.74. The Morgan fingerprint density at radius 1 is 0.963 bits per heavy atom. The van der Waals surface area contributed by atoms with Gasteiger partial charge in [-0.1, -0.05) is 79.9 Å². The van der Waals surface area contributed by atoms with Crippen LogP contribution < -0.4 is 0 Å². The maximum Gasteiger partial charge on any atom is 0.410 e. The van der Waals surface area contributed by atoms with Crippen LogP contribution in [0.3, 0.4) is 0 Å². The van der Waals surface area contributed by atoms with Crippen molar-refractivity contribution in [3.63, 3.8) is 0 Å². The number of nitrogens with zero attached hydrogens (tertiary/aromatic N) is 1. The van der Waals surface area contributed by atoms with Gasteiger partial charge in [0, 0.05) is 6.04 Å². The Bertz CT molecular complexity index is 711. The lowest BCUT2D eigenvalue weighted by atomic mass is 9.92. The summed E-state index contributed by atoms with van der Waals surface area (Å²) in [5.74, 6) is 0. The minimum absolute atomic E-state index is 0.0703. The summed E-state index contributed by atoms with van der Waals surface area (Å²) in [4.78, 5) is 26.6. The molecule has 4 heteroatoms. The fourth-order valence-electron chi connectivity index (χ4n) is 3.78. The van der Waals surface area contributed by atoms with Crippen LogP contribution in [0.5, 0.6) is 0 Å². The molecule has 1 amide bonds. The van der Waals surface area contributed by atoms with Crippen LogP contribution in [-0.2, 0) is 22.6 Å². The number of hydrogen-bond acceptors (Lipinski definition) is 3. The maximum atomic E-state index is 13.0. The number of hydrogen-bond donors (Lipinski definition) is 0. The van der Waals surface area contributed by atoms with Gasteiger partial charge in [-0.3, -0.25) is 4.90 Å². The highest BCUT2D eigenvalue weighted by Crippen LogP contribution is 2.26. The molecule has 0 N–H and O–H groups in total. The number of carbonyl (C=O) groups is 2. The molecule has 1 atom stereocenters. The largest absolute Gasteiger partial charge is 0.445 e. The van der Waals surface area contributed by atoms with Crippen LogP contribution >= 0.6 is 0 Å². The zero-order valence-electron chi connectivity index (χ0n) is 15.6. The van der Waals surface area contributed by atoms with Crippen LogP contribution in [0, 0.1) is 0 Å². The first-order valence-corrected chi connectivity index (χ1v) is 9.76. The zero-order valence-corrected chi connectivity index (χ0v) is 15.6. The van der Waals surface area contributed by atoms with E-state index in [-0.39, 0.29) is 12.6 Å². The van der Waals surface area contributed by atoms with Gasteiger partial charge < -0.3 is 9.53 Å². The smallest absolute Gasteiger partial charge is 0.410 e. The van der Waals surface area contributed by atoms with Gasteiger partial charge in [-0.15, -0.1) is 0 Å². The van der Waals surface area contributed by atoms with Crippen molar-refractivity contribution in [1.29, 1.82) is 0 Å². The minimum atomic E-state index is -0.501. The highest BCUT2D eigenvalue weighted by Gasteiger charge is 2.32. The molecule has 2 aromatic rings. The quantitative estimate of drug-likeness (QED) is 0.664. The standard InChI is InChI=1S/C23H27NO3/c25-17-22(16-19-10-4-1-5-11-19)24(21-14-8-3-9-15-21)23(26)27-18-20-12-6-2-7-13-20/h1-2,4-7,10-13,17,21-22H,3,8-9,14-16,18H2/t22-/m0/s1. The molecule has 0 unspecified atom stereocenters. The number of aldehydes is 1. The summed E-state index contributed by atoms with van der Waals surface area (Å²) in [5.41, 5.74) is 1.99. The van der Waals surface area contributed by atoms with Gasteiger partial charge in [0.05, 0.1) is 6.04 Å². The van der Waals surface area contributed by atoms with E-state index in [1.165, 1.54) is 6.42 Å². The molecule has 27 heavy (non-hydrogen) atoms. The van der Waals surface area contributed by atoms with E-state index in [1.54, 1.807) is 4.90 Å². The summed E-state index contributed by atoms with van der Waals surface area (Å²) >= 11 is 0. The Kier molecular flexibility index (Phi) is 7.03. The molecule has 0 saturated heterocycles. The lowest BCUT2D eigenvalue weighted by molar-refractivity contribution is -0.113. The molecule has 1 aliphatic rings. The van der Waals surface area contributed by atoms with Gasteiger partial charge in [0.25, 0.3) is 0 Å². The molecule has 1 saturated carbocycles. The van der Waals surface area contributed by atoms with Crippen molar-refractivity contribution in [3.05, 3.63) is 71.8 Å². The molecule has 0 radical (unpaired) electrons.